The Morgan fingerprint density at radius 3 is 2.48 bits per heavy atom. The quantitative estimate of drug-likeness (QED) is 0.428. The van der Waals surface area contributed by atoms with Gasteiger partial charge in [0.05, 0.1) is 12.6 Å². The van der Waals surface area contributed by atoms with E-state index in [1.54, 1.807) is 7.11 Å². The number of allylic oxidation sites excluding steroid dienone is 2. The van der Waals surface area contributed by atoms with Crippen LogP contribution in [0.25, 0.3) is 11.1 Å². The third-order valence-corrected chi connectivity index (χ3v) is 6.52. The topological polar surface area (TPSA) is 47.6 Å². The maximum atomic E-state index is 6.43. The number of nitrogens with two attached hydrogens (primary N) is 1. The van der Waals surface area contributed by atoms with Crippen LogP contribution in [0.4, 0.5) is 0 Å². The summed E-state index contributed by atoms with van der Waals surface area (Å²) in [6.45, 7) is 11.3. The standard InChI is InChI=1S/C30H40N2O/c1-7-9-22(4)28-17-24(18-29(31)32-30(28,5)20-21(2)3)16-23-12-14-25(15-13-23)26-10-8-11-27(19-26)33-6/h8,10-15,18-19,21H,7,9,16-17,20H2,1-6H3,(H2,31,32)/b28-22+. The first-order valence-electron chi connectivity index (χ1n) is 12.2. The molecular formula is C30H40N2O. The number of benzene rings is 2. The van der Waals surface area contributed by atoms with Crippen molar-refractivity contribution in [2.75, 3.05) is 7.11 Å². The maximum Gasteiger partial charge on any atom is 0.119 e. The number of aliphatic imine (C=N–C) groups is 1. The number of methoxy groups -OCH3 is 1. The lowest BCUT2D eigenvalue weighted by molar-refractivity contribution is 0.414. The lowest BCUT2D eigenvalue weighted by Crippen LogP contribution is -2.30. The number of nitrogens with zero attached hydrogens (tertiary/aromatic N) is 1. The average Bonchev–Trinajstić information content (AvgIpc) is 2.88. The molecule has 3 rings (SSSR count). The van der Waals surface area contributed by atoms with Crippen molar-refractivity contribution in [1.82, 2.24) is 0 Å². The van der Waals surface area contributed by atoms with Crippen LogP contribution in [0.2, 0.25) is 0 Å². The van der Waals surface area contributed by atoms with Gasteiger partial charge in [0.15, 0.2) is 0 Å². The highest BCUT2D eigenvalue weighted by Gasteiger charge is 2.33. The minimum Gasteiger partial charge on any atom is -0.497 e. The largest absolute Gasteiger partial charge is 0.497 e. The smallest absolute Gasteiger partial charge is 0.119 e. The molecule has 1 heterocycles. The molecule has 0 bridgehead atoms. The van der Waals surface area contributed by atoms with Gasteiger partial charge in [0.25, 0.3) is 0 Å². The Hall–Kier alpha value is -2.81. The molecule has 1 unspecified atom stereocenters. The summed E-state index contributed by atoms with van der Waals surface area (Å²) in [6.07, 6.45) is 7.21. The minimum absolute atomic E-state index is 0.230. The van der Waals surface area contributed by atoms with Crippen LogP contribution in [-0.2, 0) is 6.42 Å². The molecule has 0 saturated heterocycles. The SMILES string of the molecule is CCC/C(C)=C1\CC(Cc2ccc(-c3cccc(OC)c3)cc2)=CC(N)=NC1(C)CC(C)C. The second kappa shape index (κ2) is 10.9. The fourth-order valence-corrected chi connectivity index (χ4v) is 5.16. The fraction of sp³-hybridized carbons (Fsp3) is 0.433. The Kier molecular flexibility index (Phi) is 8.18. The Morgan fingerprint density at radius 1 is 1.12 bits per heavy atom. The Bertz CT molecular complexity index is 1040. The molecule has 0 aliphatic carbocycles. The zero-order chi connectivity index (χ0) is 24.0. The second-order valence-electron chi connectivity index (χ2n) is 10.0. The number of ether oxygens (including phenoxy) is 1. The van der Waals surface area contributed by atoms with E-state index in [2.05, 4.69) is 77.1 Å². The lowest BCUT2D eigenvalue weighted by atomic mass is 9.78. The van der Waals surface area contributed by atoms with Crippen LogP contribution in [-0.4, -0.2) is 18.5 Å². The van der Waals surface area contributed by atoms with Crippen LogP contribution in [0, 0.1) is 5.92 Å². The Balaban J connectivity index is 1.86. The number of hydrogen-bond donors (Lipinski definition) is 1. The van der Waals surface area contributed by atoms with Crippen LogP contribution in [0.5, 0.6) is 5.75 Å². The van der Waals surface area contributed by atoms with E-state index < -0.39 is 0 Å². The van der Waals surface area contributed by atoms with E-state index in [1.165, 1.54) is 27.8 Å². The molecule has 3 nitrogen and oxygen atoms in total. The van der Waals surface area contributed by atoms with Crippen molar-refractivity contribution >= 4 is 5.84 Å². The highest BCUT2D eigenvalue weighted by molar-refractivity contribution is 5.93. The van der Waals surface area contributed by atoms with Gasteiger partial charge in [-0.15, -0.1) is 0 Å². The molecule has 0 spiro atoms. The van der Waals surface area contributed by atoms with E-state index in [0.29, 0.717) is 11.8 Å². The van der Waals surface area contributed by atoms with Gasteiger partial charge in [-0.1, -0.05) is 74.7 Å². The first kappa shape index (κ1) is 24.8. The zero-order valence-electron chi connectivity index (χ0n) is 21.2. The van der Waals surface area contributed by atoms with Crippen LogP contribution in [0.15, 0.2) is 76.3 Å². The molecule has 0 aromatic heterocycles. The van der Waals surface area contributed by atoms with Crippen LogP contribution in [0.1, 0.15) is 65.9 Å². The van der Waals surface area contributed by atoms with Gasteiger partial charge < -0.3 is 10.5 Å². The fourth-order valence-electron chi connectivity index (χ4n) is 5.16. The van der Waals surface area contributed by atoms with Gasteiger partial charge >= 0.3 is 0 Å². The van der Waals surface area contributed by atoms with E-state index in [-0.39, 0.29) is 5.54 Å². The van der Waals surface area contributed by atoms with Gasteiger partial charge in [0.1, 0.15) is 11.6 Å². The summed E-state index contributed by atoms with van der Waals surface area (Å²) in [5, 5.41) is 0. The van der Waals surface area contributed by atoms with Crippen LogP contribution < -0.4 is 10.5 Å². The van der Waals surface area contributed by atoms with E-state index >= 15 is 0 Å². The highest BCUT2D eigenvalue weighted by Crippen LogP contribution is 2.38. The summed E-state index contributed by atoms with van der Waals surface area (Å²) in [7, 11) is 1.70. The monoisotopic (exact) mass is 444 g/mol. The molecule has 2 aromatic carbocycles. The van der Waals surface area contributed by atoms with Gasteiger partial charge in [-0.2, -0.15) is 0 Å². The zero-order valence-corrected chi connectivity index (χ0v) is 21.2. The Labute approximate surface area is 200 Å². The molecule has 176 valence electrons. The number of amidine groups is 1. The third kappa shape index (κ3) is 6.37. The summed E-state index contributed by atoms with van der Waals surface area (Å²) in [4.78, 5) is 5.04. The van der Waals surface area contributed by atoms with Gasteiger partial charge in [0.2, 0.25) is 0 Å². The number of rotatable bonds is 8. The molecule has 0 radical (unpaired) electrons. The van der Waals surface area contributed by atoms with Gasteiger partial charge in [-0.05, 0) is 85.9 Å². The molecule has 3 heteroatoms. The molecule has 2 aromatic rings. The van der Waals surface area contributed by atoms with Crippen molar-refractivity contribution in [1.29, 1.82) is 0 Å². The first-order valence-corrected chi connectivity index (χ1v) is 12.2. The van der Waals surface area contributed by atoms with Crippen LogP contribution in [0.3, 0.4) is 0 Å². The summed E-state index contributed by atoms with van der Waals surface area (Å²) in [5.41, 5.74) is 14.1. The summed E-state index contributed by atoms with van der Waals surface area (Å²) in [5.74, 6) is 2.09. The first-order chi connectivity index (χ1) is 15.7. The maximum absolute atomic E-state index is 6.43. The average molecular weight is 445 g/mol. The van der Waals surface area contributed by atoms with Crippen molar-refractivity contribution in [2.45, 2.75) is 72.3 Å². The predicted molar refractivity (Wildman–Crippen MR) is 142 cm³/mol. The van der Waals surface area contributed by atoms with E-state index in [0.717, 1.165) is 43.4 Å². The van der Waals surface area contributed by atoms with Crippen molar-refractivity contribution in [2.24, 2.45) is 16.6 Å². The molecule has 1 atom stereocenters. The van der Waals surface area contributed by atoms with Crippen molar-refractivity contribution in [3.05, 3.63) is 76.9 Å². The molecule has 1 aliphatic rings. The Morgan fingerprint density at radius 2 is 1.85 bits per heavy atom. The summed E-state index contributed by atoms with van der Waals surface area (Å²) in [6, 6.07) is 17.0. The molecule has 0 fully saturated rings. The van der Waals surface area contributed by atoms with Crippen molar-refractivity contribution in [3.8, 4) is 16.9 Å². The third-order valence-electron chi connectivity index (χ3n) is 6.52. The minimum atomic E-state index is -0.230. The summed E-state index contributed by atoms with van der Waals surface area (Å²) >= 11 is 0. The molecular weight excluding hydrogens is 404 g/mol. The van der Waals surface area contributed by atoms with Gasteiger partial charge in [0, 0.05) is 0 Å². The normalized spacial score (nSPS) is 20.2. The molecule has 1 aliphatic heterocycles. The summed E-state index contributed by atoms with van der Waals surface area (Å²) < 4.78 is 5.37. The molecule has 0 amide bonds. The predicted octanol–water partition coefficient (Wildman–Crippen LogP) is 7.51. The molecule has 2 N–H and O–H groups in total. The molecule has 0 saturated carbocycles. The van der Waals surface area contributed by atoms with Crippen molar-refractivity contribution < 1.29 is 4.74 Å². The van der Waals surface area contributed by atoms with E-state index in [9.17, 15) is 0 Å². The number of hydrogen-bond acceptors (Lipinski definition) is 3. The van der Waals surface area contributed by atoms with Gasteiger partial charge in [-0.25, -0.2) is 0 Å². The lowest BCUT2D eigenvalue weighted by Gasteiger charge is -2.32. The van der Waals surface area contributed by atoms with Gasteiger partial charge in [-0.3, -0.25) is 4.99 Å². The van der Waals surface area contributed by atoms with E-state index in [4.69, 9.17) is 15.5 Å². The second-order valence-corrected chi connectivity index (χ2v) is 10.0. The molecule has 33 heavy (non-hydrogen) atoms. The highest BCUT2D eigenvalue weighted by atomic mass is 16.5. The van der Waals surface area contributed by atoms with E-state index in [1.807, 2.05) is 12.1 Å². The van der Waals surface area contributed by atoms with Crippen molar-refractivity contribution in [3.63, 3.8) is 0 Å². The van der Waals surface area contributed by atoms with Crippen LogP contribution >= 0.6 is 0 Å².